The molecule has 0 bridgehead atoms. The fourth-order valence-electron chi connectivity index (χ4n) is 4.47. The zero-order chi connectivity index (χ0) is 32.1. The molecule has 13 heteroatoms. The summed E-state index contributed by atoms with van der Waals surface area (Å²) in [6.45, 7) is 5.90. The van der Waals surface area contributed by atoms with Gasteiger partial charge in [-0.3, -0.25) is 20.2 Å². The predicted molar refractivity (Wildman–Crippen MR) is 170 cm³/mol. The summed E-state index contributed by atoms with van der Waals surface area (Å²) in [7, 11) is 1.43. The number of pyridine rings is 1. The molecular formula is C32H31N7O6. The molecule has 230 valence electrons. The van der Waals surface area contributed by atoms with Crippen LogP contribution in [0.5, 0.6) is 11.5 Å². The minimum Gasteiger partial charge on any atom is -0.457 e. The van der Waals surface area contributed by atoms with Gasteiger partial charge in [-0.2, -0.15) is 5.10 Å². The number of fused-ring (bicyclic) bond motifs is 1. The van der Waals surface area contributed by atoms with Gasteiger partial charge in [0, 0.05) is 53.8 Å². The maximum atomic E-state index is 13.3. The first kappa shape index (κ1) is 30.6. The zero-order valence-corrected chi connectivity index (χ0v) is 25.0. The summed E-state index contributed by atoms with van der Waals surface area (Å²) in [5, 5.41) is 25.7. The maximum absolute atomic E-state index is 13.3. The van der Waals surface area contributed by atoms with Gasteiger partial charge in [-0.25, -0.2) is 14.5 Å². The third-order valence-corrected chi connectivity index (χ3v) is 6.66. The van der Waals surface area contributed by atoms with Crippen molar-refractivity contribution in [3.8, 4) is 17.2 Å². The van der Waals surface area contributed by atoms with Crippen molar-refractivity contribution in [3.63, 3.8) is 0 Å². The molecule has 0 saturated carbocycles. The summed E-state index contributed by atoms with van der Waals surface area (Å²) >= 11 is 0. The normalized spacial score (nSPS) is 11.2. The molecule has 3 aromatic carbocycles. The van der Waals surface area contributed by atoms with Gasteiger partial charge in [-0.05, 0) is 30.3 Å². The standard InChI is InChI=1S/C32H31N7O6/c1-32(2,3)27-18-29(38(37-27)20-9-11-21(12-10-20)39(42)43)36-31(41)34-25-13-14-26(24-8-6-5-7-23(24)25)45-22-15-16-33-28(17-22)35-30(40)19-44-4/h5-18H,19H2,1-4H3,(H,33,35,40)(H2,34,36,41). The molecule has 5 aromatic rings. The van der Waals surface area contributed by atoms with Crippen molar-refractivity contribution in [2.75, 3.05) is 29.7 Å². The number of nitrogens with one attached hydrogen (secondary N) is 3. The van der Waals surface area contributed by atoms with Crippen molar-refractivity contribution >= 4 is 45.7 Å². The van der Waals surface area contributed by atoms with E-state index in [1.165, 1.54) is 25.4 Å². The van der Waals surface area contributed by atoms with Gasteiger partial charge in [-0.15, -0.1) is 0 Å². The van der Waals surface area contributed by atoms with E-state index in [9.17, 15) is 19.7 Å². The largest absolute Gasteiger partial charge is 0.457 e. The van der Waals surface area contributed by atoms with E-state index < -0.39 is 11.0 Å². The molecule has 0 fully saturated rings. The number of rotatable bonds is 9. The maximum Gasteiger partial charge on any atom is 0.324 e. The Morgan fingerprint density at radius 3 is 2.36 bits per heavy atom. The van der Waals surface area contributed by atoms with E-state index in [-0.39, 0.29) is 23.6 Å². The van der Waals surface area contributed by atoms with Crippen LogP contribution in [0.4, 0.5) is 27.8 Å². The Balaban J connectivity index is 1.38. The van der Waals surface area contributed by atoms with Gasteiger partial charge in [-0.1, -0.05) is 45.0 Å². The van der Waals surface area contributed by atoms with Crippen molar-refractivity contribution < 1.29 is 24.0 Å². The molecule has 13 nitrogen and oxygen atoms in total. The Hall–Kier alpha value is -5.82. The average molecular weight is 610 g/mol. The molecule has 0 atom stereocenters. The number of amides is 3. The first-order chi connectivity index (χ1) is 21.5. The van der Waals surface area contributed by atoms with Gasteiger partial charge in [0.2, 0.25) is 0 Å². The number of hydrogen-bond acceptors (Lipinski definition) is 8. The highest BCUT2D eigenvalue weighted by atomic mass is 16.6. The van der Waals surface area contributed by atoms with Crippen molar-refractivity contribution in [1.82, 2.24) is 14.8 Å². The van der Waals surface area contributed by atoms with Crippen LogP contribution in [0.2, 0.25) is 0 Å². The number of ether oxygens (including phenoxy) is 2. The predicted octanol–water partition coefficient (Wildman–Crippen LogP) is 6.65. The molecule has 0 unspecified atom stereocenters. The minimum absolute atomic E-state index is 0.0493. The number of nitrogens with zero attached hydrogens (tertiary/aromatic N) is 4. The number of nitro groups is 1. The summed E-state index contributed by atoms with van der Waals surface area (Å²) in [5.41, 5.74) is 1.44. The summed E-state index contributed by atoms with van der Waals surface area (Å²) in [6, 6.07) is 21.4. The molecule has 0 radical (unpaired) electrons. The van der Waals surface area contributed by atoms with E-state index in [4.69, 9.17) is 9.47 Å². The van der Waals surface area contributed by atoms with Crippen LogP contribution < -0.4 is 20.7 Å². The van der Waals surface area contributed by atoms with Crippen molar-refractivity contribution in [3.05, 3.63) is 101 Å². The molecule has 0 aliphatic heterocycles. The van der Waals surface area contributed by atoms with Crippen LogP contribution in [0.15, 0.2) is 85.1 Å². The molecule has 3 amide bonds. The van der Waals surface area contributed by atoms with Gasteiger partial charge in [0.05, 0.1) is 22.0 Å². The molecule has 5 rings (SSSR count). The van der Waals surface area contributed by atoms with Gasteiger partial charge in [0.25, 0.3) is 11.6 Å². The number of anilines is 3. The van der Waals surface area contributed by atoms with Crippen molar-refractivity contribution in [1.29, 1.82) is 0 Å². The number of urea groups is 1. The molecule has 0 aliphatic rings. The topological polar surface area (TPSA) is 163 Å². The number of methoxy groups -OCH3 is 1. The van der Waals surface area contributed by atoms with Crippen molar-refractivity contribution in [2.45, 2.75) is 26.2 Å². The zero-order valence-electron chi connectivity index (χ0n) is 25.0. The van der Waals surface area contributed by atoms with Gasteiger partial charge in [0.1, 0.15) is 29.7 Å². The molecule has 3 N–H and O–H groups in total. The summed E-state index contributed by atoms with van der Waals surface area (Å²) in [5.74, 6) is 1.35. The first-order valence-corrected chi connectivity index (χ1v) is 13.9. The Bertz CT molecular complexity index is 1880. The number of nitro benzene ring substituents is 1. The second kappa shape index (κ2) is 12.8. The second-order valence-corrected chi connectivity index (χ2v) is 11.0. The summed E-state index contributed by atoms with van der Waals surface area (Å²) < 4.78 is 12.5. The molecule has 45 heavy (non-hydrogen) atoms. The van der Waals surface area contributed by atoms with E-state index in [1.807, 2.05) is 45.0 Å². The van der Waals surface area contributed by atoms with Crippen LogP contribution in [-0.2, 0) is 14.9 Å². The average Bonchev–Trinajstić information content (AvgIpc) is 3.43. The lowest BCUT2D eigenvalue weighted by atomic mass is 9.92. The van der Waals surface area contributed by atoms with Gasteiger partial charge >= 0.3 is 6.03 Å². The lowest BCUT2D eigenvalue weighted by Gasteiger charge is -2.14. The van der Waals surface area contributed by atoms with Crippen LogP contribution in [-0.4, -0.2) is 45.3 Å². The van der Waals surface area contributed by atoms with Crippen LogP contribution >= 0.6 is 0 Å². The summed E-state index contributed by atoms with van der Waals surface area (Å²) in [4.78, 5) is 40.0. The number of carbonyl (C=O) groups is 2. The third-order valence-electron chi connectivity index (χ3n) is 6.66. The highest BCUT2D eigenvalue weighted by Crippen LogP contribution is 2.35. The number of carbonyl (C=O) groups excluding carboxylic acids is 2. The molecular weight excluding hydrogens is 578 g/mol. The van der Waals surface area contributed by atoms with Crippen LogP contribution in [0.3, 0.4) is 0 Å². The Morgan fingerprint density at radius 1 is 0.933 bits per heavy atom. The number of hydrogen-bond donors (Lipinski definition) is 3. The molecule has 2 heterocycles. The Kier molecular flexibility index (Phi) is 8.72. The van der Waals surface area contributed by atoms with E-state index in [2.05, 4.69) is 26.0 Å². The lowest BCUT2D eigenvalue weighted by Crippen LogP contribution is -2.21. The molecule has 0 spiro atoms. The third kappa shape index (κ3) is 7.22. The smallest absolute Gasteiger partial charge is 0.324 e. The van der Waals surface area contributed by atoms with Crippen LogP contribution in [0, 0.1) is 10.1 Å². The monoisotopic (exact) mass is 609 g/mol. The van der Waals surface area contributed by atoms with E-state index in [0.29, 0.717) is 34.5 Å². The van der Waals surface area contributed by atoms with Crippen LogP contribution in [0.1, 0.15) is 26.5 Å². The number of benzene rings is 3. The SMILES string of the molecule is COCC(=O)Nc1cc(Oc2ccc(NC(=O)Nc3cc(C(C)(C)C)nn3-c3ccc([N+](=O)[O-])cc3)c3ccccc23)ccn1. The van der Waals surface area contributed by atoms with Crippen molar-refractivity contribution in [2.24, 2.45) is 0 Å². The second-order valence-electron chi connectivity index (χ2n) is 11.0. The summed E-state index contributed by atoms with van der Waals surface area (Å²) in [6.07, 6.45) is 1.52. The first-order valence-electron chi connectivity index (χ1n) is 13.9. The quantitative estimate of drug-likeness (QED) is 0.124. The highest BCUT2D eigenvalue weighted by Gasteiger charge is 2.22. The Morgan fingerprint density at radius 2 is 1.67 bits per heavy atom. The lowest BCUT2D eigenvalue weighted by molar-refractivity contribution is -0.384. The van der Waals surface area contributed by atoms with E-state index >= 15 is 0 Å². The fraction of sp³-hybridized carbons (Fsp3) is 0.188. The van der Waals surface area contributed by atoms with E-state index in [0.717, 1.165) is 16.5 Å². The highest BCUT2D eigenvalue weighted by molar-refractivity contribution is 6.07. The minimum atomic E-state index is -0.511. The molecule has 2 aromatic heterocycles. The Labute approximate surface area is 258 Å². The fourth-order valence-corrected chi connectivity index (χ4v) is 4.47. The van der Waals surface area contributed by atoms with E-state index in [1.54, 1.807) is 47.1 Å². The van der Waals surface area contributed by atoms with Gasteiger partial charge < -0.3 is 20.1 Å². The molecule has 0 aliphatic carbocycles. The van der Waals surface area contributed by atoms with Crippen LogP contribution in [0.25, 0.3) is 16.5 Å². The number of non-ortho nitro benzene ring substituents is 1. The molecule has 0 saturated heterocycles. The number of aromatic nitrogens is 3. The van der Waals surface area contributed by atoms with Gasteiger partial charge in [0.15, 0.2) is 0 Å².